The van der Waals surface area contributed by atoms with Crippen molar-refractivity contribution in [3.8, 4) is 0 Å². The van der Waals surface area contributed by atoms with Gasteiger partial charge in [0.05, 0.1) is 4.92 Å². The minimum Gasteiger partial charge on any atom is -0.314 e. The van der Waals surface area contributed by atoms with E-state index in [4.69, 9.17) is 0 Å². The van der Waals surface area contributed by atoms with Crippen LogP contribution >= 0.6 is 0 Å². The van der Waals surface area contributed by atoms with Crippen LogP contribution in [0.25, 0.3) is 0 Å². The lowest BCUT2D eigenvalue weighted by Crippen LogP contribution is -2.36. The molecule has 1 N–H and O–H groups in total. The lowest BCUT2D eigenvalue weighted by molar-refractivity contribution is -0.386. The normalized spacial score (nSPS) is 12.9. The molecule has 114 valence electrons. The summed E-state index contributed by atoms with van der Waals surface area (Å²) in [7, 11) is 0. The van der Waals surface area contributed by atoms with Gasteiger partial charge in [-0.1, -0.05) is 27.7 Å². The van der Waals surface area contributed by atoms with Gasteiger partial charge in [0.15, 0.2) is 0 Å². The molecule has 0 aliphatic heterocycles. The molecule has 0 saturated heterocycles. The number of aromatic nitrogens is 2. The zero-order valence-corrected chi connectivity index (χ0v) is 13.1. The van der Waals surface area contributed by atoms with E-state index in [9.17, 15) is 10.1 Å². The first-order valence-electron chi connectivity index (χ1n) is 7.36. The first-order chi connectivity index (χ1) is 9.42. The second-order valence-electron chi connectivity index (χ2n) is 5.47. The van der Waals surface area contributed by atoms with Crippen LogP contribution in [0, 0.1) is 23.0 Å². The Labute approximate surface area is 120 Å². The quantitative estimate of drug-likeness (QED) is 0.587. The SMILES string of the molecule is CCCn1nc(C)c([N+](=O)[O-])c1CC(NCC)C(C)C. The molecule has 0 aliphatic rings. The first kappa shape index (κ1) is 16.6. The highest BCUT2D eigenvalue weighted by Gasteiger charge is 2.27. The largest absolute Gasteiger partial charge is 0.314 e. The molecule has 1 aromatic rings. The predicted molar refractivity (Wildman–Crippen MR) is 79.9 cm³/mol. The van der Waals surface area contributed by atoms with E-state index in [2.05, 4.69) is 38.1 Å². The van der Waals surface area contributed by atoms with E-state index < -0.39 is 0 Å². The van der Waals surface area contributed by atoms with E-state index in [1.54, 1.807) is 11.6 Å². The minimum absolute atomic E-state index is 0.182. The van der Waals surface area contributed by atoms with Crippen molar-refractivity contribution in [1.82, 2.24) is 15.1 Å². The molecule has 0 aliphatic carbocycles. The second kappa shape index (κ2) is 7.38. The number of likely N-dealkylation sites (N-methyl/N-ethyl adjacent to an activating group) is 1. The highest BCUT2D eigenvalue weighted by atomic mass is 16.6. The van der Waals surface area contributed by atoms with Crippen molar-refractivity contribution in [2.45, 2.75) is 60.0 Å². The van der Waals surface area contributed by atoms with Gasteiger partial charge in [0, 0.05) is 19.0 Å². The maximum absolute atomic E-state index is 11.3. The number of nitrogens with one attached hydrogen (secondary N) is 1. The topological polar surface area (TPSA) is 73.0 Å². The molecule has 1 unspecified atom stereocenters. The Morgan fingerprint density at radius 3 is 2.50 bits per heavy atom. The molecule has 0 saturated carbocycles. The zero-order valence-electron chi connectivity index (χ0n) is 13.1. The van der Waals surface area contributed by atoms with Crippen LogP contribution < -0.4 is 5.32 Å². The summed E-state index contributed by atoms with van der Waals surface area (Å²) in [6.45, 7) is 11.7. The van der Waals surface area contributed by atoms with Crippen LogP contribution in [0.5, 0.6) is 0 Å². The fourth-order valence-electron chi connectivity index (χ4n) is 2.47. The molecule has 6 heteroatoms. The minimum atomic E-state index is -0.298. The maximum atomic E-state index is 11.3. The van der Waals surface area contributed by atoms with E-state index in [-0.39, 0.29) is 16.7 Å². The van der Waals surface area contributed by atoms with Crippen LogP contribution in [0.4, 0.5) is 5.69 Å². The van der Waals surface area contributed by atoms with Crippen LogP contribution in [-0.4, -0.2) is 27.3 Å². The second-order valence-corrected chi connectivity index (χ2v) is 5.47. The Balaban J connectivity index is 3.15. The highest BCUT2D eigenvalue weighted by molar-refractivity contribution is 5.41. The van der Waals surface area contributed by atoms with Gasteiger partial charge in [-0.2, -0.15) is 5.10 Å². The van der Waals surface area contributed by atoms with Gasteiger partial charge in [-0.25, -0.2) is 0 Å². The molecule has 0 bridgehead atoms. The molecule has 1 rings (SSSR count). The lowest BCUT2D eigenvalue weighted by Gasteiger charge is -2.21. The van der Waals surface area contributed by atoms with E-state index in [0.717, 1.165) is 25.2 Å². The van der Waals surface area contributed by atoms with Gasteiger partial charge in [-0.05, 0) is 25.8 Å². The van der Waals surface area contributed by atoms with Gasteiger partial charge in [0.25, 0.3) is 0 Å². The highest BCUT2D eigenvalue weighted by Crippen LogP contribution is 2.25. The number of nitro groups is 1. The summed E-state index contributed by atoms with van der Waals surface area (Å²) in [5.74, 6) is 0.417. The van der Waals surface area contributed by atoms with Gasteiger partial charge < -0.3 is 5.32 Å². The molecular weight excluding hydrogens is 256 g/mol. The van der Waals surface area contributed by atoms with E-state index in [1.807, 2.05) is 0 Å². The molecule has 0 aromatic carbocycles. The van der Waals surface area contributed by atoms with Crippen LogP contribution in [0.15, 0.2) is 0 Å². The number of hydrogen-bond acceptors (Lipinski definition) is 4. The van der Waals surface area contributed by atoms with Gasteiger partial charge in [0.1, 0.15) is 11.4 Å². The van der Waals surface area contributed by atoms with Crippen LogP contribution in [0.3, 0.4) is 0 Å². The van der Waals surface area contributed by atoms with Crippen molar-refractivity contribution in [1.29, 1.82) is 0 Å². The summed E-state index contributed by atoms with van der Waals surface area (Å²) in [4.78, 5) is 11.0. The third-order valence-electron chi connectivity index (χ3n) is 3.50. The molecule has 1 atom stereocenters. The maximum Gasteiger partial charge on any atom is 0.313 e. The van der Waals surface area contributed by atoms with Crippen molar-refractivity contribution >= 4 is 5.69 Å². The summed E-state index contributed by atoms with van der Waals surface area (Å²) >= 11 is 0. The van der Waals surface area contributed by atoms with Crippen molar-refractivity contribution < 1.29 is 4.92 Å². The summed E-state index contributed by atoms with van der Waals surface area (Å²) in [5, 5.41) is 19.1. The van der Waals surface area contributed by atoms with Crippen molar-refractivity contribution in [2.24, 2.45) is 5.92 Å². The molecule has 0 radical (unpaired) electrons. The van der Waals surface area contributed by atoms with E-state index in [0.29, 0.717) is 18.0 Å². The van der Waals surface area contributed by atoms with Crippen molar-refractivity contribution in [3.63, 3.8) is 0 Å². The van der Waals surface area contributed by atoms with E-state index in [1.165, 1.54) is 0 Å². The van der Waals surface area contributed by atoms with Gasteiger partial charge in [-0.3, -0.25) is 14.8 Å². The fourth-order valence-corrected chi connectivity index (χ4v) is 2.47. The molecule has 0 spiro atoms. The average Bonchev–Trinajstić information content (AvgIpc) is 2.65. The Morgan fingerprint density at radius 1 is 1.40 bits per heavy atom. The number of aryl methyl sites for hydroxylation is 2. The van der Waals surface area contributed by atoms with Crippen molar-refractivity contribution in [3.05, 3.63) is 21.5 Å². The average molecular weight is 282 g/mol. The molecule has 1 aromatic heterocycles. The van der Waals surface area contributed by atoms with Crippen LogP contribution in [0.2, 0.25) is 0 Å². The molecule has 6 nitrogen and oxygen atoms in total. The smallest absolute Gasteiger partial charge is 0.313 e. The monoisotopic (exact) mass is 282 g/mol. The standard InChI is InChI=1S/C14H26N4O2/c1-6-8-17-13(9-12(10(3)4)15-7-2)14(18(19)20)11(5)16-17/h10,12,15H,6-9H2,1-5H3. The van der Waals surface area contributed by atoms with Crippen LogP contribution in [-0.2, 0) is 13.0 Å². The molecule has 0 amide bonds. The third kappa shape index (κ3) is 3.79. The number of nitrogens with zero attached hydrogens (tertiary/aromatic N) is 3. The van der Waals surface area contributed by atoms with Gasteiger partial charge in [-0.15, -0.1) is 0 Å². The fraction of sp³-hybridized carbons (Fsp3) is 0.786. The Morgan fingerprint density at radius 2 is 2.05 bits per heavy atom. The Bertz CT molecular complexity index is 454. The van der Waals surface area contributed by atoms with Gasteiger partial charge >= 0.3 is 5.69 Å². The Kier molecular flexibility index (Phi) is 6.13. The summed E-state index contributed by atoms with van der Waals surface area (Å²) in [5.41, 5.74) is 1.44. The summed E-state index contributed by atoms with van der Waals surface area (Å²) in [6, 6.07) is 0.227. The predicted octanol–water partition coefficient (Wildman–Crippen LogP) is 2.69. The summed E-state index contributed by atoms with van der Waals surface area (Å²) < 4.78 is 1.81. The molecular formula is C14H26N4O2. The van der Waals surface area contributed by atoms with Crippen molar-refractivity contribution in [2.75, 3.05) is 6.54 Å². The number of hydrogen-bond donors (Lipinski definition) is 1. The van der Waals surface area contributed by atoms with Crippen LogP contribution in [0.1, 0.15) is 45.5 Å². The van der Waals surface area contributed by atoms with E-state index >= 15 is 0 Å². The molecule has 0 fully saturated rings. The first-order valence-corrected chi connectivity index (χ1v) is 7.36. The Hall–Kier alpha value is -1.43. The van der Waals surface area contributed by atoms with Gasteiger partial charge in [0.2, 0.25) is 0 Å². The lowest BCUT2D eigenvalue weighted by atomic mass is 9.98. The third-order valence-corrected chi connectivity index (χ3v) is 3.50. The molecule has 1 heterocycles. The zero-order chi connectivity index (χ0) is 15.3. The molecule has 20 heavy (non-hydrogen) atoms. The number of rotatable bonds is 8. The summed E-state index contributed by atoms with van der Waals surface area (Å²) in [6.07, 6.45) is 1.56.